The van der Waals surface area contributed by atoms with Crippen molar-refractivity contribution in [2.75, 3.05) is 13.1 Å². The molecule has 0 saturated carbocycles. The Hall–Kier alpha value is -4.08. The molecule has 1 amide bonds. The van der Waals surface area contributed by atoms with E-state index in [4.69, 9.17) is 5.11 Å². The summed E-state index contributed by atoms with van der Waals surface area (Å²) in [5.41, 5.74) is 2.23. The topological polar surface area (TPSA) is 149 Å². The number of benzene rings is 2. The van der Waals surface area contributed by atoms with Crippen LogP contribution in [-0.4, -0.2) is 59.9 Å². The van der Waals surface area contributed by atoms with Crippen LogP contribution in [0.25, 0.3) is 17.1 Å². The van der Waals surface area contributed by atoms with Gasteiger partial charge >= 0.3 is 11.7 Å². The molecule has 0 atom stereocenters. The van der Waals surface area contributed by atoms with Crippen LogP contribution >= 0.6 is 0 Å². The van der Waals surface area contributed by atoms with Crippen LogP contribution in [0.15, 0.2) is 41.2 Å². The van der Waals surface area contributed by atoms with Crippen LogP contribution in [0.5, 0.6) is 11.5 Å². The molecule has 4 N–H and O–H groups in total. The fraction of sp³-hybridized carbons (Fsp3) is 0.407. The van der Waals surface area contributed by atoms with Crippen molar-refractivity contribution in [2.24, 2.45) is 5.92 Å². The highest BCUT2D eigenvalue weighted by Gasteiger charge is 2.24. The van der Waals surface area contributed by atoms with Crippen molar-refractivity contribution in [3.05, 3.63) is 58.0 Å². The Labute approximate surface area is 214 Å². The summed E-state index contributed by atoms with van der Waals surface area (Å²) in [5, 5.41) is 36.0. The van der Waals surface area contributed by atoms with Crippen molar-refractivity contribution in [1.29, 1.82) is 0 Å². The number of hydrogen-bond acceptors (Lipinski definition) is 6. The summed E-state index contributed by atoms with van der Waals surface area (Å²) in [6.45, 7) is 5.10. The molecule has 0 radical (unpaired) electrons. The summed E-state index contributed by atoms with van der Waals surface area (Å²) < 4.78 is 1.39. The SMILES string of the molecule is CC(C)c1cc(-c2n[nH]c(=O)n2-c2ccc(CC3CCN(C(=O)CCC(=O)O)CC3)cc2)c(O)cc1O. The quantitative estimate of drug-likeness (QED) is 0.364. The maximum Gasteiger partial charge on any atom is 0.348 e. The van der Waals surface area contributed by atoms with Crippen molar-refractivity contribution in [2.45, 2.75) is 51.9 Å². The van der Waals surface area contributed by atoms with Crippen molar-refractivity contribution in [1.82, 2.24) is 19.7 Å². The van der Waals surface area contributed by atoms with E-state index in [0.29, 0.717) is 35.8 Å². The summed E-state index contributed by atoms with van der Waals surface area (Å²) in [4.78, 5) is 37.2. The summed E-state index contributed by atoms with van der Waals surface area (Å²) in [6.07, 6.45) is 2.44. The highest BCUT2D eigenvalue weighted by atomic mass is 16.4. The first-order valence-corrected chi connectivity index (χ1v) is 12.5. The monoisotopic (exact) mass is 508 g/mol. The first kappa shape index (κ1) is 26.0. The number of likely N-dealkylation sites (tertiary alicyclic amines) is 1. The molecule has 0 unspecified atom stereocenters. The Morgan fingerprint density at radius 3 is 2.35 bits per heavy atom. The van der Waals surface area contributed by atoms with Gasteiger partial charge in [0.25, 0.3) is 0 Å². The zero-order chi connectivity index (χ0) is 26.7. The van der Waals surface area contributed by atoms with Gasteiger partial charge in [0.15, 0.2) is 5.82 Å². The van der Waals surface area contributed by atoms with Crippen molar-refractivity contribution in [3.8, 4) is 28.6 Å². The molecule has 1 aromatic heterocycles. The number of piperidine rings is 1. The number of carbonyl (C=O) groups is 2. The molecular weight excluding hydrogens is 476 g/mol. The molecule has 1 aliphatic heterocycles. The number of aromatic amines is 1. The van der Waals surface area contributed by atoms with Gasteiger partial charge in [-0.05, 0) is 60.4 Å². The predicted octanol–water partition coefficient (Wildman–Crippen LogP) is 3.41. The van der Waals surface area contributed by atoms with Crippen LogP contribution in [0, 0.1) is 5.92 Å². The molecule has 1 aliphatic rings. The standard InChI is InChI=1S/C27H32N4O6/c1-16(2)20-14-21(23(33)15-22(20)32)26-28-29-27(37)31(26)19-5-3-17(4-6-19)13-18-9-11-30(12-10-18)24(34)7-8-25(35)36/h3-6,14-16,18,32-33H,7-13H2,1-2H3,(H,29,37)(H,35,36). The highest BCUT2D eigenvalue weighted by molar-refractivity contribution is 5.80. The third kappa shape index (κ3) is 5.84. The molecule has 196 valence electrons. The Kier molecular flexibility index (Phi) is 7.66. The third-order valence-corrected chi connectivity index (χ3v) is 6.92. The van der Waals surface area contributed by atoms with Gasteiger partial charge in [-0.1, -0.05) is 26.0 Å². The summed E-state index contributed by atoms with van der Waals surface area (Å²) >= 11 is 0. The number of hydrogen-bond donors (Lipinski definition) is 4. The summed E-state index contributed by atoms with van der Waals surface area (Å²) in [6, 6.07) is 10.5. The first-order chi connectivity index (χ1) is 17.6. The van der Waals surface area contributed by atoms with E-state index in [9.17, 15) is 24.6 Å². The maximum atomic E-state index is 12.6. The van der Waals surface area contributed by atoms with Gasteiger partial charge < -0.3 is 20.2 Å². The van der Waals surface area contributed by atoms with Gasteiger partial charge in [-0.3, -0.25) is 9.59 Å². The zero-order valence-corrected chi connectivity index (χ0v) is 21.0. The van der Waals surface area contributed by atoms with Gasteiger partial charge in [0, 0.05) is 25.6 Å². The number of nitrogens with zero attached hydrogens (tertiary/aromatic N) is 3. The van der Waals surface area contributed by atoms with E-state index in [1.807, 2.05) is 38.1 Å². The number of phenols is 2. The summed E-state index contributed by atoms with van der Waals surface area (Å²) in [5.74, 6) is -0.593. The Bertz CT molecular complexity index is 1330. The number of aromatic nitrogens is 3. The molecule has 3 aromatic rings. The second kappa shape index (κ2) is 10.9. The zero-order valence-electron chi connectivity index (χ0n) is 21.0. The van der Waals surface area contributed by atoms with Gasteiger partial charge in [-0.25, -0.2) is 14.5 Å². The number of aliphatic carboxylic acids is 1. The van der Waals surface area contributed by atoms with Crippen LogP contribution in [0.4, 0.5) is 0 Å². The molecule has 37 heavy (non-hydrogen) atoms. The number of carboxylic acid groups (broad SMARTS) is 1. The Morgan fingerprint density at radius 2 is 1.73 bits per heavy atom. The van der Waals surface area contributed by atoms with E-state index < -0.39 is 11.7 Å². The van der Waals surface area contributed by atoms with Crippen molar-refractivity contribution < 1.29 is 24.9 Å². The number of amides is 1. The Balaban J connectivity index is 1.46. The number of aromatic hydroxyl groups is 2. The number of phenolic OH excluding ortho intramolecular Hbond substituents is 2. The molecule has 2 aromatic carbocycles. The molecule has 0 bridgehead atoms. The molecule has 2 heterocycles. The maximum absolute atomic E-state index is 12.6. The minimum absolute atomic E-state index is 0.00692. The van der Waals surface area contributed by atoms with Crippen LogP contribution in [0.3, 0.4) is 0 Å². The molecule has 10 nitrogen and oxygen atoms in total. The van der Waals surface area contributed by atoms with E-state index in [0.717, 1.165) is 24.8 Å². The van der Waals surface area contributed by atoms with Gasteiger partial charge in [0.2, 0.25) is 5.91 Å². The average Bonchev–Trinajstić information content (AvgIpc) is 3.24. The van der Waals surface area contributed by atoms with E-state index >= 15 is 0 Å². The van der Waals surface area contributed by atoms with Crippen LogP contribution in [0.1, 0.15) is 56.6 Å². The number of carboxylic acids is 1. The lowest BCUT2D eigenvalue weighted by Gasteiger charge is -2.32. The van der Waals surface area contributed by atoms with Gasteiger partial charge in [-0.2, -0.15) is 5.10 Å². The summed E-state index contributed by atoms with van der Waals surface area (Å²) in [7, 11) is 0. The number of H-pyrrole nitrogens is 1. The van der Waals surface area contributed by atoms with Gasteiger partial charge in [-0.15, -0.1) is 0 Å². The average molecular weight is 509 g/mol. The first-order valence-electron chi connectivity index (χ1n) is 12.5. The fourth-order valence-electron chi connectivity index (χ4n) is 4.83. The molecular formula is C27H32N4O6. The van der Waals surface area contributed by atoms with Crippen LogP contribution in [-0.2, 0) is 16.0 Å². The van der Waals surface area contributed by atoms with Crippen LogP contribution in [0.2, 0.25) is 0 Å². The normalized spacial score (nSPS) is 14.3. The van der Waals surface area contributed by atoms with E-state index in [2.05, 4.69) is 10.2 Å². The second-order valence-electron chi connectivity index (χ2n) is 9.86. The number of carbonyl (C=O) groups excluding carboxylic acids is 1. The Morgan fingerprint density at radius 1 is 1.05 bits per heavy atom. The molecule has 0 spiro atoms. The van der Waals surface area contributed by atoms with Crippen molar-refractivity contribution >= 4 is 11.9 Å². The molecule has 1 fully saturated rings. The van der Waals surface area contributed by atoms with E-state index in [-0.39, 0.29) is 42.0 Å². The molecule has 10 heteroatoms. The van der Waals surface area contributed by atoms with Crippen LogP contribution < -0.4 is 5.69 Å². The molecule has 4 rings (SSSR count). The number of rotatable bonds is 8. The van der Waals surface area contributed by atoms with E-state index in [1.54, 1.807) is 11.0 Å². The van der Waals surface area contributed by atoms with Crippen molar-refractivity contribution in [3.63, 3.8) is 0 Å². The minimum atomic E-state index is -0.961. The minimum Gasteiger partial charge on any atom is -0.508 e. The van der Waals surface area contributed by atoms with E-state index in [1.165, 1.54) is 10.6 Å². The fourth-order valence-corrected chi connectivity index (χ4v) is 4.83. The molecule has 1 saturated heterocycles. The molecule has 0 aliphatic carbocycles. The lowest BCUT2D eigenvalue weighted by molar-refractivity contribution is -0.141. The lowest BCUT2D eigenvalue weighted by atomic mass is 9.90. The second-order valence-corrected chi connectivity index (χ2v) is 9.86. The number of nitrogens with one attached hydrogen (secondary N) is 1. The predicted molar refractivity (Wildman–Crippen MR) is 137 cm³/mol. The van der Waals surface area contributed by atoms with Gasteiger partial charge in [0.05, 0.1) is 17.7 Å². The largest absolute Gasteiger partial charge is 0.508 e. The van der Waals surface area contributed by atoms with Gasteiger partial charge in [0.1, 0.15) is 11.5 Å². The third-order valence-electron chi connectivity index (χ3n) is 6.92. The lowest BCUT2D eigenvalue weighted by Crippen LogP contribution is -2.39. The smallest absolute Gasteiger partial charge is 0.348 e. The highest BCUT2D eigenvalue weighted by Crippen LogP contribution is 2.37.